The van der Waals surface area contributed by atoms with Crippen LogP contribution in [0.1, 0.15) is 66.4 Å². The molecular weight excluding hydrogens is 428 g/mol. The number of benzene rings is 3. The first-order valence-electron chi connectivity index (χ1n) is 9.68. The normalized spacial score (nSPS) is 10.5. The van der Waals surface area contributed by atoms with Gasteiger partial charge in [0.15, 0.2) is 0 Å². The molecule has 0 heterocycles. The summed E-state index contributed by atoms with van der Waals surface area (Å²) in [5, 5.41) is 34.8. The molecule has 33 heavy (non-hydrogen) atoms. The third-order valence-corrected chi connectivity index (χ3v) is 5.09. The van der Waals surface area contributed by atoms with E-state index in [1.54, 1.807) is 48.5 Å². The molecule has 0 aliphatic heterocycles. The van der Waals surface area contributed by atoms with Crippen LogP contribution in [0.25, 0.3) is 0 Å². The van der Waals surface area contributed by atoms with E-state index in [2.05, 4.69) is 0 Å². The minimum atomic E-state index is -1.06. The molecule has 0 aliphatic rings. The van der Waals surface area contributed by atoms with E-state index in [1.165, 1.54) is 24.3 Å². The number of hydrogen-bond acceptors (Lipinski definition) is 4. The summed E-state index contributed by atoms with van der Waals surface area (Å²) in [7, 11) is 0. The van der Waals surface area contributed by atoms with Crippen molar-refractivity contribution in [3.05, 3.63) is 106 Å². The van der Waals surface area contributed by atoms with Gasteiger partial charge in [0.2, 0.25) is 0 Å². The first-order chi connectivity index (χ1) is 15.4. The minimum Gasteiger partial charge on any atom is -0.478 e. The van der Waals surface area contributed by atoms with Crippen LogP contribution in [-0.2, 0) is 5.41 Å². The Bertz CT molecular complexity index is 1070. The van der Waals surface area contributed by atoms with Gasteiger partial charge in [-0.1, -0.05) is 38.1 Å². The van der Waals surface area contributed by atoms with Crippen LogP contribution >= 0.6 is 0 Å². The Hall–Kier alpha value is -4.46. The molecule has 0 atom stereocenters. The van der Waals surface area contributed by atoms with Gasteiger partial charge in [-0.2, -0.15) is 0 Å². The first-order valence-corrected chi connectivity index (χ1v) is 9.68. The zero-order valence-electron chi connectivity index (χ0n) is 17.9. The molecule has 0 saturated heterocycles. The van der Waals surface area contributed by atoms with Gasteiger partial charge in [-0.05, 0) is 59.7 Å². The molecule has 0 unspecified atom stereocenters. The molecule has 3 aromatic carbocycles. The van der Waals surface area contributed by atoms with Crippen LogP contribution in [-0.4, -0.2) is 44.3 Å². The van der Waals surface area contributed by atoms with Crippen molar-refractivity contribution in [1.82, 2.24) is 0 Å². The molecule has 0 aliphatic carbocycles. The van der Waals surface area contributed by atoms with E-state index in [0.29, 0.717) is 0 Å². The molecule has 0 bridgehead atoms. The predicted octanol–water partition coefficient (Wildman–Crippen LogP) is 4.49. The molecule has 8 heteroatoms. The Balaban J connectivity index is 0.000000273. The number of carboxylic acid groups (broad SMARTS) is 4. The molecule has 0 amide bonds. The topological polar surface area (TPSA) is 149 Å². The minimum absolute atomic E-state index is 0.0833. The zero-order chi connectivity index (χ0) is 24.8. The second-order valence-corrected chi connectivity index (χ2v) is 7.58. The number of carbonyl (C=O) groups is 4. The third kappa shape index (κ3) is 6.27. The van der Waals surface area contributed by atoms with Crippen LogP contribution < -0.4 is 0 Å². The van der Waals surface area contributed by atoms with E-state index < -0.39 is 23.9 Å². The lowest BCUT2D eigenvalue weighted by Crippen LogP contribution is -2.19. The van der Waals surface area contributed by atoms with Gasteiger partial charge >= 0.3 is 23.9 Å². The molecule has 0 spiro atoms. The Morgan fingerprint density at radius 3 is 0.818 bits per heavy atom. The number of rotatable bonds is 6. The van der Waals surface area contributed by atoms with Gasteiger partial charge in [0.05, 0.1) is 22.3 Å². The van der Waals surface area contributed by atoms with Gasteiger partial charge in [-0.25, -0.2) is 19.2 Å². The fourth-order valence-corrected chi connectivity index (χ4v) is 2.98. The highest BCUT2D eigenvalue weighted by Crippen LogP contribution is 2.31. The van der Waals surface area contributed by atoms with Crippen LogP contribution in [0.5, 0.6) is 0 Å². The maximum absolute atomic E-state index is 10.9. The van der Waals surface area contributed by atoms with Gasteiger partial charge < -0.3 is 20.4 Å². The van der Waals surface area contributed by atoms with Crippen molar-refractivity contribution < 1.29 is 39.6 Å². The second kappa shape index (κ2) is 10.2. The summed E-state index contributed by atoms with van der Waals surface area (Å²) >= 11 is 0. The highest BCUT2D eigenvalue weighted by Gasteiger charge is 2.23. The van der Waals surface area contributed by atoms with Crippen molar-refractivity contribution in [1.29, 1.82) is 0 Å². The van der Waals surface area contributed by atoms with Gasteiger partial charge in [0.1, 0.15) is 0 Å². The lowest BCUT2D eigenvalue weighted by atomic mass is 9.78. The van der Waals surface area contributed by atoms with E-state index >= 15 is 0 Å². The summed E-state index contributed by atoms with van der Waals surface area (Å²) in [4.78, 5) is 42.4. The second-order valence-electron chi connectivity index (χ2n) is 7.58. The molecule has 0 aromatic heterocycles. The maximum atomic E-state index is 10.9. The van der Waals surface area contributed by atoms with Crippen LogP contribution in [0.2, 0.25) is 0 Å². The number of carboxylic acids is 4. The fourth-order valence-electron chi connectivity index (χ4n) is 2.98. The molecule has 0 fully saturated rings. The van der Waals surface area contributed by atoms with Gasteiger partial charge in [-0.15, -0.1) is 0 Å². The highest BCUT2D eigenvalue weighted by atomic mass is 16.4. The van der Waals surface area contributed by atoms with E-state index in [-0.39, 0.29) is 27.7 Å². The Morgan fingerprint density at radius 1 is 0.455 bits per heavy atom. The van der Waals surface area contributed by atoms with Gasteiger partial charge in [0.25, 0.3) is 0 Å². The summed E-state index contributed by atoms with van der Waals surface area (Å²) in [6.07, 6.45) is 0. The van der Waals surface area contributed by atoms with Crippen LogP contribution in [0.4, 0.5) is 0 Å². The quantitative estimate of drug-likeness (QED) is 0.429. The standard InChI is InChI=1S/C17H16O4.C8H6O4/c1-17(2,13-7-3-11(4-8-13)15(18)19)14-9-5-12(6-10-14)16(20)21;9-7(10)5-1-2-6(4-3-5)8(11)12/h3-10H,1-2H3,(H,18,19)(H,20,21);1-4H,(H,9,10)(H,11,12). The fraction of sp³-hybridized carbons (Fsp3) is 0.120. The molecule has 0 radical (unpaired) electrons. The van der Waals surface area contributed by atoms with Crippen molar-refractivity contribution in [3.8, 4) is 0 Å². The molecule has 0 saturated carbocycles. The average Bonchev–Trinajstić information content (AvgIpc) is 2.79. The SMILES string of the molecule is CC(C)(c1ccc(C(=O)O)cc1)c1ccc(C(=O)O)cc1.O=C(O)c1ccc(C(=O)O)cc1. The predicted molar refractivity (Wildman–Crippen MR) is 119 cm³/mol. The van der Waals surface area contributed by atoms with Crippen LogP contribution in [0.3, 0.4) is 0 Å². The molecule has 170 valence electrons. The number of aromatic carboxylic acids is 4. The van der Waals surface area contributed by atoms with E-state index in [1.807, 2.05) is 13.8 Å². The Morgan fingerprint density at radius 2 is 0.636 bits per heavy atom. The summed E-state index contributed by atoms with van der Waals surface area (Å²) < 4.78 is 0. The maximum Gasteiger partial charge on any atom is 0.335 e. The van der Waals surface area contributed by atoms with Crippen molar-refractivity contribution in [2.75, 3.05) is 0 Å². The highest BCUT2D eigenvalue weighted by molar-refractivity contribution is 5.91. The largest absolute Gasteiger partial charge is 0.478 e. The lowest BCUT2D eigenvalue weighted by molar-refractivity contribution is 0.0681. The lowest BCUT2D eigenvalue weighted by Gasteiger charge is -2.26. The van der Waals surface area contributed by atoms with E-state index in [4.69, 9.17) is 20.4 Å². The smallest absolute Gasteiger partial charge is 0.335 e. The van der Waals surface area contributed by atoms with Crippen molar-refractivity contribution in [2.24, 2.45) is 0 Å². The van der Waals surface area contributed by atoms with Gasteiger partial charge in [-0.3, -0.25) is 0 Å². The molecule has 3 aromatic rings. The van der Waals surface area contributed by atoms with E-state index in [0.717, 1.165) is 11.1 Å². The Labute approximate surface area is 189 Å². The van der Waals surface area contributed by atoms with Crippen molar-refractivity contribution in [2.45, 2.75) is 19.3 Å². The Kier molecular flexibility index (Phi) is 7.69. The molecule has 4 N–H and O–H groups in total. The molecule has 3 rings (SSSR count). The zero-order valence-corrected chi connectivity index (χ0v) is 17.9. The van der Waals surface area contributed by atoms with Gasteiger partial charge in [0, 0.05) is 5.41 Å². The summed E-state index contributed by atoms with van der Waals surface area (Å²) in [6.45, 7) is 4.02. The van der Waals surface area contributed by atoms with Crippen molar-refractivity contribution in [3.63, 3.8) is 0 Å². The summed E-state index contributed by atoms with van der Waals surface area (Å²) in [5.74, 6) is -4.03. The summed E-state index contributed by atoms with van der Waals surface area (Å²) in [5.41, 5.74) is 2.26. The summed E-state index contributed by atoms with van der Waals surface area (Å²) in [6, 6.07) is 18.5. The first kappa shape index (κ1) is 24.8. The number of hydrogen-bond donors (Lipinski definition) is 4. The van der Waals surface area contributed by atoms with E-state index in [9.17, 15) is 19.2 Å². The monoisotopic (exact) mass is 450 g/mol. The van der Waals surface area contributed by atoms with Crippen LogP contribution in [0.15, 0.2) is 72.8 Å². The van der Waals surface area contributed by atoms with Crippen LogP contribution in [0, 0.1) is 0 Å². The third-order valence-electron chi connectivity index (χ3n) is 5.09. The average molecular weight is 450 g/mol. The van der Waals surface area contributed by atoms with Crippen molar-refractivity contribution >= 4 is 23.9 Å². The molecular formula is C25H22O8. The molecule has 8 nitrogen and oxygen atoms in total.